The molecule has 0 bridgehead atoms. The van der Waals surface area contributed by atoms with Crippen molar-refractivity contribution in [2.75, 3.05) is 31.1 Å². The fraction of sp³-hybridized carbons (Fsp3) is 0.619. The van der Waals surface area contributed by atoms with E-state index < -0.39 is 18.0 Å². The van der Waals surface area contributed by atoms with Gasteiger partial charge in [0.2, 0.25) is 5.91 Å². The molecule has 4 aliphatic heterocycles. The van der Waals surface area contributed by atoms with Crippen LogP contribution < -0.4 is 15.5 Å². The summed E-state index contributed by atoms with van der Waals surface area (Å²) in [6.45, 7) is 6.57. The van der Waals surface area contributed by atoms with Gasteiger partial charge in [0.05, 0.1) is 18.1 Å². The summed E-state index contributed by atoms with van der Waals surface area (Å²) in [5.74, 6) is -2.26. The van der Waals surface area contributed by atoms with Crippen molar-refractivity contribution in [1.29, 1.82) is 0 Å². The number of thiazole rings is 1. The Balaban J connectivity index is 1.21. The standard InChI is InChI=1S/C21H27N5O5S2/c1-9-15-14(10(2)27)19(29)26(15)16(20(30)31)17(9)33-12-6-25(7-12)21-24-13(8-32-21)18(28)23-11-3-4-22-5-11/h8-12,14-15,22,27H,3-7H2,1-2H3,(H,23,28)(H,30,31)/t9-,10-,11-,14-,15-/m1/s1. The van der Waals surface area contributed by atoms with Crippen molar-refractivity contribution in [3.8, 4) is 0 Å². The lowest BCUT2D eigenvalue weighted by molar-refractivity contribution is -0.163. The molecule has 178 valence electrons. The summed E-state index contributed by atoms with van der Waals surface area (Å²) in [7, 11) is 0. The lowest BCUT2D eigenvalue weighted by atomic mass is 9.79. The third-order valence-electron chi connectivity index (χ3n) is 6.84. The van der Waals surface area contributed by atoms with Gasteiger partial charge < -0.3 is 30.6 Å². The number of nitrogens with one attached hydrogen (secondary N) is 2. The number of fused-ring (bicyclic) bond motifs is 1. The van der Waals surface area contributed by atoms with Crippen LogP contribution in [-0.4, -0.2) is 87.5 Å². The normalized spacial score (nSPS) is 30.2. The van der Waals surface area contributed by atoms with Crippen LogP contribution >= 0.6 is 23.1 Å². The molecular weight excluding hydrogens is 466 g/mol. The Labute approximate surface area is 199 Å². The topological polar surface area (TPSA) is 135 Å². The number of hydrogen-bond acceptors (Lipinski definition) is 9. The number of aliphatic carboxylic acids is 1. The van der Waals surface area contributed by atoms with Gasteiger partial charge in [-0.3, -0.25) is 9.59 Å². The van der Waals surface area contributed by atoms with Crippen molar-refractivity contribution in [2.24, 2.45) is 11.8 Å². The number of aliphatic hydroxyl groups excluding tert-OH is 1. The number of carbonyl (C=O) groups is 3. The zero-order chi connectivity index (χ0) is 23.4. The second kappa shape index (κ2) is 8.57. The second-order valence-electron chi connectivity index (χ2n) is 9.10. The van der Waals surface area contributed by atoms with Crippen molar-refractivity contribution >= 4 is 46.0 Å². The third kappa shape index (κ3) is 3.82. The van der Waals surface area contributed by atoms with Gasteiger partial charge in [-0.15, -0.1) is 23.1 Å². The Morgan fingerprint density at radius 3 is 2.79 bits per heavy atom. The van der Waals surface area contributed by atoms with E-state index in [2.05, 4.69) is 20.5 Å². The molecule has 10 nitrogen and oxygen atoms in total. The van der Waals surface area contributed by atoms with Gasteiger partial charge in [-0.25, -0.2) is 9.78 Å². The van der Waals surface area contributed by atoms with Crippen molar-refractivity contribution in [1.82, 2.24) is 20.5 Å². The maximum Gasteiger partial charge on any atom is 0.353 e. The van der Waals surface area contributed by atoms with E-state index in [1.54, 1.807) is 12.3 Å². The molecule has 1 aromatic rings. The van der Waals surface area contributed by atoms with Gasteiger partial charge in [0.15, 0.2) is 5.13 Å². The first-order valence-corrected chi connectivity index (χ1v) is 12.9. The first kappa shape index (κ1) is 22.6. The molecule has 3 fully saturated rings. The summed E-state index contributed by atoms with van der Waals surface area (Å²) < 4.78 is 0. The SMILES string of the molecule is C[C@@H](O)[C@H]1C(=O)N2C(C(=O)O)=C(SC3CN(c4nc(C(=O)N[C@@H]5CCNC5)cs4)C3)[C@H](C)[C@H]12. The summed E-state index contributed by atoms with van der Waals surface area (Å²) in [5, 5.41) is 28.7. The summed E-state index contributed by atoms with van der Waals surface area (Å²) in [4.78, 5) is 45.5. The molecule has 1 aromatic heterocycles. The van der Waals surface area contributed by atoms with E-state index in [1.807, 2.05) is 6.92 Å². The average Bonchev–Trinajstić information content (AvgIpc) is 3.44. The zero-order valence-electron chi connectivity index (χ0n) is 18.4. The molecule has 5 atom stereocenters. The van der Waals surface area contributed by atoms with Crippen LogP contribution in [0.15, 0.2) is 16.0 Å². The van der Waals surface area contributed by atoms with Gasteiger partial charge in [-0.05, 0) is 19.9 Å². The quantitative estimate of drug-likeness (QED) is 0.396. The largest absolute Gasteiger partial charge is 0.477 e. The van der Waals surface area contributed by atoms with Gasteiger partial charge in [-0.1, -0.05) is 6.92 Å². The molecule has 0 unspecified atom stereocenters. The lowest BCUT2D eigenvalue weighted by Gasteiger charge is -2.46. The van der Waals surface area contributed by atoms with E-state index >= 15 is 0 Å². The Kier molecular flexibility index (Phi) is 5.88. The smallest absolute Gasteiger partial charge is 0.353 e. The number of aliphatic hydroxyl groups is 1. The Morgan fingerprint density at radius 2 is 2.15 bits per heavy atom. The van der Waals surface area contributed by atoms with E-state index in [9.17, 15) is 24.6 Å². The number of carbonyl (C=O) groups excluding carboxylic acids is 2. The van der Waals surface area contributed by atoms with E-state index in [0.29, 0.717) is 23.7 Å². The predicted molar refractivity (Wildman–Crippen MR) is 124 cm³/mol. The highest BCUT2D eigenvalue weighted by Gasteiger charge is 2.60. The first-order valence-electron chi connectivity index (χ1n) is 11.1. The van der Waals surface area contributed by atoms with Crippen LogP contribution in [-0.2, 0) is 9.59 Å². The van der Waals surface area contributed by atoms with E-state index in [4.69, 9.17) is 0 Å². The van der Waals surface area contributed by atoms with Crippen molar-refractivity contribution < 1.29 is 24.6 Å². The summed E-state index contributed by atoms with van der Waals surface area (Å²) >= 11 is 2.93. The highest BCUT2D eigenvalue weighted by molar-refractivity contribution is 8.03. The molecule has 3 saturated heterocycles. The monoisotopic (exact) mass is 493 g/mol. The Morgan fingerprint density at radius 1 is 1.39 bits per heavy atom. The number of carboxylic acids is 1. The molecule has 5 rings (SSSR count). The van der Waals surface area contributed by atoms with Crippen LogP contribution in [0.1, 0.15) is 30.8 Å². The number of β-lactam (4-membered cyclic amide) rings is 1. The van der Waals surface area contributed by atoms with Crippen LogP contribution in [0.5, 0.6) is 0 Å². The van der Waals surface area contributed by atoms with Gasteiger partial charge in [-0.2, -0.15) is 0 Å². The van der Waals surface area contributed by atoms with Gasteiger partial charge in [0.25, 0.3) is 5.91 Å². The van der Waals surface area contributed by atoms with Crippen LogP contribution in [0.25, 0.3) is 0 Å². The zero-order valence-corrected chi connectivity index (χ0v) is 20.0. The minimum atomic E-state index is -1.10. The number of hydrogen-bond donors (Lipinski definition) is 4. The molecule has 0 aromatic carbocycles. The van der Waals surface area contributed by atoms with Crippen LogP contribution in [0.3, 0.4) is 0 Å². The van der Waals surface area contributed by atoms with Crippen LogP contribution in [0, 0.1) is 11.8 Å². The molecule has 0 radical (unpaired) electrons. The average molecular weight is 494 g/mol. The maximum atomic E-state index is 12.5. The minimum absolute atomic E-state index is 0.0625. The molecule has 4 aliphatic rings. The van der Waals surface area contributed by atoms with Crippen LogP contribution in [0.2, 0.25) is 0 Å². The fourth-order valence-corrected chi connectivity index (χ4v) is 7.42. The summed E-state index contributed by atoms with van der Waals surface area (Å²) in [6, 6.07) is -0.152. The van der Waals surface area contributed by atoms with Crippen molar-refractivity contribution in [3.05, 3.63) is 21.7 Å². The first-order chi connectivity index (χ1) is 15.8. The molecule has 0 spiro atoms. The molecular formula is C21H27N5O5S2. The van der Waals surface area contributed by atoms with Crippen LogP contribution in [0.4, 0.5) is 5.13 Å². The highest BCUT2D eigenvalue weighted by Crippen LogP contribution is 2.52. The number of rotatable bonds is 7. The molecule has 2 amide bonds. The third-order valence-corrected chi connectivity index (χ3v) is 9.20. The maximum absolute atomic E-state index is 12.5. The number of anilines is 1. The van der Waals surface area contributed by atoms with Gasteiger partial charge >= 0.3 is 5.97 Å². The van der Waals surface area contributed by atoms with Gasteiger partial charge in [0.1, 0.15) is 11.4 Å². The fourth-order valence-electron chi connectivity index (χ4n) is 5.08. The van der Waals surface area contributed by atoms with Crippen molar-refractivity contribution in [2.45, 2.75) is 43.7 Å². The molecule has 0 aliphatic carbocycles. The lowest BCUT2D eigenvalue weighted by Crippen LogP contribution is -2.63. The molecule has 12 heteroatoms. The molecule has 4 N–H and O–H groups in total. The Hall–Kier alpha value is -2.15. The van der Waals surface area contributed by atoms with Gasteiger partial charge in [0, 0.05) is 47.1 Å². The van der Waals surface area contributed by atoms with E-state index in [0.717, 1.165) is 24.6 Å². The number of nitrogens with zero attached hydrogens (tertiary/aromatic N) is 3. The highest BCUT2D eigenvalue weighted by atomic mass is 32.2. The summed E-state index contributed by atoms with van der Waals surface area (Å²) in [5.41, 5.74) is 0.484. The van der Waals surface area contributed by atoms with E-state index in [1.165, 1.54) is 28.0 Å². The van der Waals surface area contributed by atoms with E-state index in [-0.39, 0.29) is 40.8 Å². The predicted octanol–water partition coefficient (Wildman–Crippen LogP) is 0.310. The van der Waals surface area contributed by atoms with Crippen molar-refractivity contribution in [3.63, 3.8) is 0 Å². The molecule has 5 heterocycles. The Bertz CT molecular complexity index is 1010. The summed E-state index contributed by atoms with van der Waals surface area (Å²) in [6.07, 6.45) is 0.114. The molecule has 0 saturated carbocycles. The number of carboxylic acid groups (broad SMARTS) is 1. The number of aromatic nitrogens is 1. The number of thioether (sulfide) groups is 1. The number of amides is 2. The molecule has 33 heavy (non-hydrogen) atoms. The second-order valence-corrected chi connectivity index (χ2v) is 11.3. The minimum Gasteiger partial charge on any atom is -0.477 e.